The van der Waals surface area contributed by atoms with Crippen LogP contribution in [0.2, 0.25) is 0 Å². The number of fused-ring (bicyclic) bond motifs is 1. The van der Waals surface area contributed by atoms with Crippen molar-refractivity contribution in [3.05, 3.63) is 66.1 Å². The summed E-state index contributed by atoms with van der Waals surface area (Å²) in [5.74, 6) is 1.25. The number of ether oxygens (including phenoxy) is 4. The van der Waals surface area contributed by atoms with Crippen LogP contribution in [-0.4, -0.2) is 19.1 Å². The highest BCUT2D eigenvalue weighted by atomic mass is 19.4. The summed E-state index contributed by atoms with van der Waals surface area (Å²) in [6, 6.07) is 12.9. The fraction of sp³-hybridized carbons (Fsp3) is 0.150. The van der Waals surface area contributed by atoms with Crippen LogP contribution in [0.25, 0.3) is 0 Å². The van der Waals surface area contributed by atoms with Crippen molar-refractivity contribution in [2.75, 3.05) is 12.1 Å². The van der Waals surface area contributed by atoms with Gasteiger partial charge in [0.1, 0.15) is 23.9 Å². The number of nitrogens with one attached hydrogen (secondary N) is 1. The number of halogens is 3. The minimum Gasteiger partial charge on any atom is -0.486 e. The lowest BCUT2D eigenvalue weighted by atomic mass is 10.3. The standard InChI is InChI=1S/C20H14F3NO6/c21-20(22,23)30-13-3-1-12(2-4-13)24-19(25)17-8-6-15(29-17)10-26-14-5-7-16-18(9-14)28-11-27-16/h1-9H,10-11H2,(H,24,25). The molecule has 0 spiro atoms. The van der Waals surface area contributed by atoms with Crippen molar-refractivity contribution < 1.29 is 41.3 Å². The number of rotatable bonds is 6. The zero-order chi connectivity index (χ0) is 21.1. The largest absolute Gasteiger partial charge is 0.573 e. The van der Waals surface area contributed by atoms with Crippen molar-refractivity contribution in [3.63, 3.8) is 0 Å². The Morgan fingerprint density at radius 3 is 2.47 bits per heavy atom. The number of furan rings is 1. The zero-order valence-corrected chi connectivity index (χ0v) is 15.2. The molecular formula is C20H14F3NO6. The molecule has 0 aliphatic carbocycles. The van der Waals surface area contributed by atoms with Gasteiger partial charge in [-0.05, 0) is 48.5 Å². The first-order valence-corrected chi connectivity index (χ1v) is 8.64. The maximum Gasteiger partial charge on any atom is 0.573 e. The highest BCUT2D eigenvalue weighted by molar-refractivity contribution is 6.02. The molecule has 0 saturated carbocycles. The number of hydrogen-bond donors (Lipinski definition) is 1. The van der Waals surface area contributed by atoms with E-state index >= 15 is 0 Å². The predicted octanol–water partition coefficient (Wildman–Crippen LogP) is 4.74. The number of hydrogen-bond acceptors (Lipinski definition) is 6. The minimum absolute atomic E-state index is 0.0231. The fourth-order valence-corrected chi connectivity index (χ4v) is 2.63. The third-order valence-corrected chi connectivity index (χ3v) is 3.96. The average molecular weight is 421 g/mol. The zero-order valence-electron chi connectivity index (χ0n) is 15.2. The number of alkyl halides is 3. The second-order valence-corrected chi connectivity index (χ2v) is 6.10. The summed E-state index contributed by atoms with van der Waals surface area (Å²) in [5.41, 5.74) is 0.282. The topological polar surface area (TPSA) is 79.2 Å². The summed E-state index contributed by atoms with van der Waals surface area (Å²) in [7, 11) is 0. The molecule has 10 heteroatoms. The lowest BCUT2D eigenvalue weighted by Gasteiger charge is -2.09. The van der Waals surface area contributed by atoms with Gasteiger partial charge in [0.15, 0.2) is 17.3 Å². The second-order valence-electron chi connectivity index (χ2n) is 6.10. The molecule has 0 saturated heterocycles. The van der Waals surface area contributed by atoms with Gasteiger partial charge in [-0.15, -0.1) is 13.2 Å². The first-order chi connectivity index (χ1) is 14.4. The average Bonchev–Trinajstić information content (AvgIpc) is 3.35. The molecule has 2 aromatic carbocycles. The van der Waals surface area contributed by atoms with E-state index in [4.69, 9.17) is 18.6 Å². The molecule has 30 heavy (non-hydrogen) atoms. The molecule has 4 rings (SSSR count). The Morgan fingerprint density at radius 2 is 1.70 bits per heavy atom. The Balaban J connectivity index is 1.32. The van der Waals surface area contributed by atoms with Crippen LogP contribution in [0.3, 0.4) is 0 Å². The van der Waals surface area contributed by atoms with E-state index in [1.165, 1.54) is 18.2 Å². The van der Waals surface area contributed by atoms with Crippen LogP contribution < -0.4 is 24.3 Å². The van der Waals surface area contributed by atoms with Gasteiger partial charge in [-0.3, -0.25) is 4.79 Å². The molecule has 0 radical (unpaired) electrons. The third-order valence-electron chi connectivity index (χ3n) is 3.96. The first-order valence-electron chi connectivity index (χ1n) is 8.64. The van der Waals surface area contributed by atoms with Crippen molar-refractivity contribution in [1.82, 2.24) is 0 Å². The van der Waals surface area contributed by atoms with Crippen molar-refractivity contribution >= 4 is 11.6 Å². The van der Waals surface area contributed by atoms with Gasteiger partial charge in [0.2, 0.25) is 6.79 Å². The maximum atomic E-state index is 12.3. The third kappa shape index (κ3) is 4.77. The van der Waals surface area contributed by atoms with Gasteiger partial charge in [-0.25, -0.2) is 0 Å². The summed E-state index contributed by atoms with van der Waals surface area (Å²) >= 11 is 0. The van der Waals surface area contributed by atoms with Crippen LogP contribution >= 0.6 is 0 Å². The summed E-state index contributed by atoms with van der Waals surface area (Å²) in [5, 5.41) is 2.52. The molecule has 7 nitrogen and oxygen atoms in total. The van der Waals surface area contributed by atoms with Gasteiger partial charge < -0.3 is 28.7 Å². The summed E-state index contributed by atoms with van der Waals surface area (Å²) in [6.45, 7) is 0.240. The van der Waals surface area contributed by atoms with Crippen molar-refractivity contribution in [1.29, 1.82) is 0 Å². The predicted molar refractivity (Wildman–Crippen MR) is 96.7 cm³/mol. The van der Waals surface area contributed by atoms with Crippen LogP contribution in [0.4, 0.5) is 18.9 Å². The molecule has 1 aliphatic heterocycles. The first kappa shape index (κ1) is 19.5. The van der Waals surface area contributed by atoms with Crippen LogP contribution in [0.1, 0.15) is 16.3 Å². The van der Waals surface area contributed by atoms with Gasteiger partial charge in [0.25, 0.3) is 5.91 Å². The molecule has 1 N–H and O–H groups in total. The summed E-state index contributed by atoms with van der Waals surface area (Å²) < 4.78 is 61.9. The normalized spacial score (nSPS) is 12.5. The molecule has 156 valence electrons. The van der Waals surface area contributed by atoms with Crippen LogP contribution in [-0.2, 0) is 6.61 Å². The minimum atomic E-state index is -4.78. The molecule has 3 aromatic rings. The lowest BCUT2D eigenvalue weighted by molar-refractivity contribution is -0.274. The van der Waals surface area contributed by atoms with E-state index in [2.05, 4.69) is 10.1 Å². The molecule has 1 aromatic heterocycles. The van der Waals surface area contributed by atoms with E-state index in [-0.39, 0.29) is 30.6 Å². The van der Waals surface area contributed by atoms with Crippen LogP contribution in [0, 0.1) is 0 Å². The number of carbonyl (C=O) groups is 1. The summed E-state index contributed by atoms with van der Waals surface area (Å²) in [4.78, 5) is 12.3. The molecular weight excluding hydrogens is 407 g/mol. The Kier molecular flexibility index (Phi) is 5.13. The Hall–Kier alpha value is -3.82. The lowest BCUT2D eigenvalue weighted by Crippen LogP contribution is -2.17. The van der Waals surface area contributed by atoms with Gasteiger partial charge in [-0.2, -0.15) is 0 Å². The fourth-order valence-electron chi connectivity index (χ4n) is 2.63. The Labute approximate surface area is 167 Å². The number of anilines is 1. The molecule has 2 heterocycles. The van der Waals surface area contributed by atoms with E-state index in [9.17, 15) is 18.0 Å². The van der Waals surface area contributed by atoms with Crippen LogP contribution in [0.15, 0.2) is 59.0 Å². The Bertz CT molecular complexity index is 1050. The van der Waals surface area contributed by atoms with Gasteiger partial charge in [0.05, 0.1) is 0 Å². The SMILES string of the molecule is O=C(Nc1ccc(OC(F)(F)F)cc1)c1ccc(COc2ccc3c(c2)OCO3)o1. The van der Waals surface area contributed by atoms with E-state index in [0.717, 1.165) is 12.1 Å². The number of carbonyl (C=O) groups excluding carboxylic acids is 1. The molecule has 1 amide bonds. The quantitative estimate of drug-likeness (QED) is 0.620. The van der Waals surface area contributed by atoms with Crippen molar-refractivity contribution in [3.8, 4) is 23.0 Å². The second kappa shape index (κ2) is 7.90. The van der Waals surface area contributed by atoms with E-state index in [0.29, 0.717) is 23.0 Å². The summed E-state index contributed by atoms with van der Waals surface area (Å²) in [6.07, 6.45) is -4.78. The molecule has 0 bridgehead atoms. The monoisotopic (exact) mass is 421 g/mol. The molecule has 0 atom stereocenters. The maximum absolute atomic E-state index is 12.3. The number of amides is 1. The van der Waals surface area contributed by atoms with Crippen LogP contribution in [0.5, 0.6) is 23.0 Å². The Morgan fingerprint density at radius 1 is 0.967 bits per heavy atom. The van der Waals surface area contributed by atoms with Gasteiger partial charge >= 0.3 is 6.36 Å². The van der Waals surface area contributed by atoms with E-state index in [1.807, 2.05) is 0 Å². The molecule has 1 aliphatic rings. The van der Waals surface area contributed by atoms with Gasteiger partial charge in [0, 0.05) is 11.8 Å². The molecule has 0 unspecified atom stereocenters. The molecule has 0 fully saturated rings. The van der Waals surface area contributed by atoms with E-state index < -0.39 is 12.3 Å². The number of benzene rings is 2. The highest BCUT2D eigenvalue weighted by Gasteiger charge is 2.31. The van der Waals surface area contributed by atoms with Crippen molar-refractivity contribution in [2.24, 2.45) is 0 Å². The highest BCUT2D eigenvalue weighted by Crippen LogP contribution is 2.35. The smallest absolute Gasteiger partial charge is 0.486 e. The van der Waals surface area contributed by atoms with Gasteiger partial charge in [-0.1, -0.05) is 0 Å². The van der Waals surface area contributed by atoms with E-state index in [1.54, 1.807) is 24.3 Å². The van der Waals surface area contributed by atoms with Crippen molar-refractivity contribution in [2.45, 2.75) is 13.0 Å².